The second kappa shape index (κ2) is 7.22. The third kappa shape index (κ3) is 4.56. The first kappa shape index (κ1) is 15.5. The zero-order valence-electron chi connectivity index (χ0n) is 12.1. The highest BCUT2D eigenvalue weighted by Gasteiger charge is 2.17. The van der Waals surface area contributed by atoms with Gasteiger partial charge in [-0.1, -0.05) is 0 Å². The van der Waals surface area contributed by atoms with Crippen molar-refractivity contribution in [2.45, 2.75) is 12.8 Å². The van der Waals surface area contributed by atoms with Gasteiger partial charge in [-0.2, -0.15) is 0 Å². The van der Waals surface area contributed by atoms with Crippen LogP contribution >= 0.6 is 0 Å². The molecule has 0 bridgehead atoms. The maximum absolute atomic E-state index is 13.4. The van der Waals surface area contributed by atoms with Gasteiger partial charge in [-0.15, -0.1) is 0 Å². The third-order valence-corrected chi connectivity index (χ3v) is 3.59. The highest BCUT2D eigenvalue weighted by Crippen LogP contribution is 2.24. The van der Waals surface area contributed by atoms with E-state index in [9.17, 15) is 9.18 Å². The smallest absolute Gasteiger partial charge is 0.328 e. The fraction of sp³-hybridized carbons (Fsp3) is 0.438. The number of nitrogens with zero attached hydrogens (tertiary/aromatic N) is 1. The molecule has 1 aromatic carbocycles. The number of carboxylic acid groups (broad SMARTS) is 1. The van der Waals surface area contributed by atoms with Crippen molar-refractivity contribution in [1.82, 2.24) is 0 Å². The van der Waals surface area contributed by atoms with Gasteiger partial charge in [0.25, 0.3) is 0 Å². The van der Waals surface area contributed by atoms with Gasteiger partial charge in [-0.05, 0) is 43.0 Å². The summed E-state index contributed by atoms with van der Waals surface area (Å²) in [6.45, 7) is 2.37. The minimum Gasteiger partial charge on any atom is -0.478 e. The second-order valence-corrected chi connectivity index (χ2v) is 5.34. The van der Waals surface area contributed by atoms with E-state index in [0.717, 1.165) is 44.4 Å². The van der Waals surface area contributed by atoms with Crippen molar-refractivity contribution < 1.29 is 19.0 Å². The van der Waals surface area contributed by atoms with E-state index in [1.807, 2.05) is 11.9 Å². The molecule has 0 spiro atoms. The molecule has 1 atom stereocenters. The number of hydrogen-bond donors (Lipinski definition) is 1. The van der Waals surface area contributed by atoms with Crippen molar-refractivity contribution in [2.75, 3.05) is 31.7 Å². The molecule has 1 aliphatic rings. The van der Waals surface area contributed by atoms with Crippen LogP contribution in [0.2, 0.25) is 0 Å². The van der Waals surface area contributed by atoms with Crippen molar-refractivity contribution in [3.63, 3.8) is 0 Å². The largest absolute Gasteiger partial charge is 0.478 e. The number of anilines is 1. The SMILES string of the molecule is CN(CC1CCCOC1)c1ccc(F)cc1C=CC(=O)O. The highest BCUT2D eigenvalue weighted by atomic mass is 19.1. The van der Waals surface area contributed by atoms with E-state index in [-0.39, 0.29) is 5.82 Å². The summed E-state index contributed by atoms with van der Waals surface area (Å²) in [5, 5.41) is 8.72. The summed E-state index contributed by atoms with van der Waals surface area (Å²) in [6, 6.07) is 4.42. The maximum Gasteiger partial charge on any atom is 0.328 e. The van der Waals surface area contributed by atoms with Crippen LogP contribution in [0.25, 0.3) is 6.08 Å². The molecule has 0 aliphatic carbocycles. The Bertz CT molecular complexity index is 524. The van der Waals surface area contributed by atoms with Gasteiger partial charge in [-0.25, -0.2) is 9.18 Å². The molecular weight excluding hydrogens is 273 g/mol. The Balaban J connectivity index is 2.14. The number of carbonyl (C=O) groups is 1. The van der Waals surface area contributed by atoms with Crippen LogP contribution in [-0.4, -0.2) is 37.9 Å². The van der Waals surface area contributed by atoms with Crippen LogP contribution in [0.15, 0.2) is 24.3 Å². The van der Waals surface area contributed by atoms with E-state index < -0.39 is 5.97 Å². The number of aliphatic carboxylic acids is 1. The Hall–Kier alpha value is -1.88. The Labute approximate surface area is 123 Å². The zero-order valence-corrected chi connectivity index (χ0v) is 12.1. The molecule has 0 aromatic heterocycles. The lowest BCUT2D eigenvalue weighted by Crippen LogP contribution is -2.31. The van der Waals surface area contributed by atoms with Crippen LogP contribution < -0.4 is 4.90 Å². The topological polar surface area (TPSA) is 49.8 Å². The average Bonchev–Trinajstić information content (AvgIpc) is 2.46. The number of carboxylic acids is 1. The van der Waals surface area contributed by atoms with Gasteiger partial charge in [-0.3, -0.25) is 0 Å². The van der Waals surface area contributed by atoms with Crippen molar-refractivity contribution in [3.05, 3.63) is 35.7 Å². The number of benzene rings is 1. The zero-order chi connectivity index (χ0) is 15.2. The van der Waals surface area contributed by atoms with E-state index in [1.165, 1.54) is 18.2 Å². The molecule has 1 fully saturated rings. The van der Waals surface area contributed by atoms with E-state index in [2.05, 4.69) is 0 Å². The van der Waals surface area contributed by atoms with Crippen LogP contribution in [0.1, 0.15) is 18.4 Å². The molecule has 1 unspecified atom stereocenters. The van der Waals surface area contributed by atoms with Gasteiger partial charge in [0.05, 0.1) is 6.61 Å². The lowest BCUT2D eigenvalue weighted by Gasteiger charge is -2.29. The Morgan fingerprint density at radius 3 is 3.05 bits per heavy atom. The predicted octanol–water partition coefficient (Wildman–Crippen LogP) is 2.79. The summed E-state index contributed by atoms with van der Waals surface area (Å²) in [4.78, 5) is 12.7. The molecular formula is C16H20FNO3. The normalized spacial score (nSPS) is 18.9. The second-order valence-electron chi connectivity index (χ2n) is 5.34. The first-order chi connectivity index (χ1) is 10.1. The molecule has 114 valence electrons. The Morgan fingerprint density at radius 2 is 2.38 bits per heavy atom. The molecule has 1 saturated heterocycles. The molecule has 1 N–H and O–H groups in total. The molecule has 0 radical (unpaired) electrons. The van der Waals surface area contributed by atoms with E-state index in [0.29, 0.717) is 11.5 Å². The van der Waals surface area contributed by atoms with Crippen molar-refractivity contribution in [1.29, 1.82) is 0 Å². The van der Waals surface area contributed by atoms with Gasteiger partial charge in [0.1, 0.15) is 5.82 Å². The van der Waals surface area contributed by atoms with Crippen molar-refractivity contribution >= 4 is 17.7 Å². The first-order valence-electron chi connectivity index (χ1n) is 7.05. The fourth-order valence-corrected chi connectivity index (χ4v) is 2.60. The summed E-state index contributed by atoms with van der Waals surface area (Å²) in [6.07, 6.45) is 4.63. The van der Waals surface area contributed by atoms with E-state index in [4.69, 9.17) is 9.84 Å². The van der Waals surface area contributed by atoms with Gasteiger partial charge < -0.3 is 14.7 Å². The van der Waals surface area contributed by atoms with Gasteiger partial charge >= 0.3 is 5.97 Å². The quantitative estimate of drug-likeness (QED) is 0.848. The van der Waals surface area contributed by atoms with Crippen LogP contribution in [0, 0.1) is 11.7 Å². The number of ether oxygens (including phenoxy) is 1. The number of hydrogen-bond acceptors (Lipinski definition) is 3. The molecule has 1 aromatic rings. The number of rotatable bonds is 5. The average molecular weight is 293 g/mol. The van der Waals surface area contributed by atoms with Crippen LogP contribution in [-0.2, 0) is 9.53 Å². The predicted molar refractivity (Wildman–Crippen MR) is 79.9 cm³/mol. The van der Waals surface area contributed by atoms with Crippen LogP contribution in [0.3, 0.4) is 0 Å². The van der Waals surface area contributed by atoms with Gasteiger partial charge in [0, 0.05) is 37.5 Å². The van der Waals surface area contributed by atoms with Crippen molar-refractivity contribution in [3.8, 4) is 0 Å². The molecule has 0 saturated carbocycles. The maximum atomic E-state index is 13.4. The molecule has 1 aliphatic heterocycles. The monoisotopic (exact) mass is 293 g/mol. The summed E-state index contributed by atoms with van der Waals surface area (Å²) in [7, 11) is 1.93. The molecule has 1 heterocycles. The number of halogens is 1. The molecule has 4 nitrogen and oxygen atoms in total. The summed E-state index contributed by atoms with van der Waals surface area (Å²) < 4.78 is 18.8. The van der Waals surface area contributed by atoms with E-state index in [1.54, 1.807) is 6.07 Å². The van der Waals surface area contributed by atoms with Crippen molar-refractivity contribution in [2.24, 2.45) is 5.92 Å². The first-order valence-corrected chi connectivity index (χ1v) is 7.05. The molecule has 5 heteroatoms. The summed E-state index contributed by atoms with van der Waals surface area (Å²) in [5.74, 6) is -0.975. The standard InChI is InChI=1S/C16H20FNO3/c1-18(10-12-3-2-8-21-11-12)15-6-5-14(17)9-13(15)4-7-16(19)20/h4-7,9,12H,2-3,8,10-11H2,1H3,(H,19,20). The summed E-state index contributed by atoms with van der Waals surface area (Å²) in [5.41, 5.74) is 1.39. The van der Waals surface area contributed by atoms with E-state index >= 15 is 0 Å². The van der Waals surface area contributed by atoms with Gasteiger partial charge in [0.15, 0.2) is 0 Å². The molecule has 2 rings (SSSR count). The summed E-state index contributed by atoms with van der Waals surface area (Å²) >= 11 is 0. The Morgan fingerprint density at radius 1 is 1.57 bits per heavy atom. The third-order valence-electron chi connectivity index (χ3n) is 3.59. The molecule has 21 heavy (non-hydrogen) atoms. The minimum atomic E-state index is -1.05. The molecule has 0 amide bonds. The fourth-order valence-electron chi connectivity index (χ4n) is 2.60. The lowest BCUT2D eigenvalue weighted by molar-refractivity contribution is -0.131. The minimum absolute atomic E-state index is 0.377. The lowest BCUT2D eigenvalue weighted by atomic mass is 10.0. The van der Waals surface area contributed by atoms with Crippen LogP contribution in [0.5, 0.6) is 0 Å². The Kier molecular flexibility index (Phi) is 5.33. The highest BCUT2D eigenvalue weighted by molar-refractivity contribution is 5.87. The van der Waals surface area contributed by atoms with Crippen LogP contribution in [0.4, 0.5) is 10.1 Å². The van der Waals surface area contributed by atoms with Gasteiger partial charge in [0.2, 0.25) is 0 Å².